The molecule has 2 saturated heterocycles. The number of hydrogen-bond donors (Lipinski definition) is 1. The summed E-state index contributed by atoms with van der Waals surface area (Å²) in [5.41, 5.74) is 1.18. The second-order valence-electron chi connectivity index (χ2n) is 8.31. The molecule has 3 rings (SSSR count). The number of aliphatic carboxylic acids is 1. The van der Waals surface area contributed by atoms with E-state index in [4.69, 9.17) is 9.84 Å². The Hall–Kier alpha value is -1.66. The first-order valence-electron chi connectivity index (χ1n) is 10.7. The quantitative estimate of drug-likeness (QED) is 0.408. The summed E-state index contributed by atoms with van der Waals surface area (Å²) in [5.74, 6) is 0.0264. The number of carbonyl (C=O) groups is 1. The Balaban J connectivity index is 1.48. The van der Waals surface area contributed by atoms with E-state index >= 15 is 0 Å². The smallest absolute Gasteiger partial charge is 0.303 e. The van der Waals surface area contributed by atoms with E-state index in [1.54, 1.807) is 0 Å². The van der Waals surface area contributed by atoms with Gasteiger partial charge in [-0.15, -0.1) is 0 Å². The minimum absolute atomic E-state index is 0.0781. The maximum Gasteiger partial charge on any atom is 0.303 e. The summed E-state index contributed by atoms with van der Waals surface area (Å²) in [5, 5.41) is 8.69. The average molecular weight is 421 g/mol. The molecule has 6 heteroatoms. The number of sulfone groups is 1. The van der Waals surface area contributed by atoms with Crippen LogP contribution in [0, 0.1) is 11.8 Å². The molecule has 0 aromatic heterocycles. The van der Waals surface area contributed by atoms with Crippen LogP contribution in [0.15, 0.2) is 42.5 Å². The van der Waals surface area contributed by atoms with Crippen molar-refractivity contribution in [3.63, 3.8) is 0 Å². The van der Waals surface area contributed by atoms with Gasteiger partial charge in [-0.1, -0.05) is 42.5 Å². The van der Waals surface area contributed by atoms with Crippen molar-refractivity contribution >= 4 is 15.8 Å². The van der Waals surface area contributed by atoms with Gasteiger partial charge in [-0.05, 0) is 56.4 Å². The number of allylic oxidation sites excluding steroid dienone is 2. The molecule has 1 N–H and O–H groups in total. The molecule has 4 atom stereocenters. The predicted molar refractivity (Wildman–Crippen MR) is 114 cm³/mol. The highest BCUT2D eigenvalue weighted by atomic mass is 32.2. The number of fused-ring (bicyclic) bond motifs is 2. The molecular weight excluding hydrogens is 388 g/mol. The number of carboxylic acid groups (broad SMARTS) is 1. The van der Waals surface area contributed by atoms with Crippen molar-refractivity contribution in [2.24, 2.45) is 11.8 Å². The second kappa shape index (κ2) is 10.4. The van der Waals surface area contributed by atoms with Crippen LogP contribution in [0.25, 0.3) is 0 Å². The molecule has 2 aliphatic heterocycles. The van der Waals surface area contributed by atoms with Crippen molar-refractivity contribution in [3.8, 4) is 0 Å². The number of benzene rings is 1. The normalized spacial score (nSPS) is 26.3. The Morgan fingerprint density at radius 2 is 1.79 bits per heavy atom. The standard InChI is InChI=1S/C23H32O5S/c24-23(25)13-7-2-1-6-12-19-20(22-15-14-21(19)28-22)17-29(26,27)16-8-11-18-9-4-3-5-10-18/h1,3-6,9-10,19-22H,2,7-8,11-17H2,(H,24,25)/t19-,20+,21-,22+/m1/s1. The van der Waals surface area contributed by atoms with E-state index in [0.717, 1.165) is 32.1 Å². The van der Waals surface area contributed by atoms with E-state index in [1.807, 2.05) is 36.4 Å². The third-order valence-corrected chi connectivity index (χ3v) is 7.94. The van der Waals surface area contributed by atoms with E-state index in [0.29, 0.717) is 12.8 Å². The molecule has 5 nitrogen and oxygen atoms in total. The number of hydrogen-bond acceptors (Lipinski definition) is 4. The summed E-state index contributed by atoms with van der Waals surface area (Å²) < 4.78 is 31.5. The van der Waals surface area contributed by atoms with Crippen molar-refractivity contribution in [1.82, 2.24) is 0 Å². The molecule has 29 heavy (non-hydrogen) atoms. The van der Waals surface area contributed by atoms with Gasteiger partial charge >= 0.3 is 5.97 Å². The van der Waals surface area contributed by atoms with E-state index in [1.165, 1.54) is 5.56 Å². The lowest BCUT2D eigenvalue weighted by atomic mass is 9.78. The third-order valence-electron chi connectivity index (χ3n) is 6.14. The van der Waals surface area contributed by atoms with Crippen molar-refractivity contribution in [2.45, 2.75) is 63.6 Å². The van der Waals surface area contributed by atoms with E-state index < -0.39 is 15.8 Å². The Morgan fingerprint density at radius 3 is 2.52 bits per heavy atom. The van der Waals surface area contributed by atoms with Gasteiger partial charge in [-0.2, -0.15) is 0 Å². The molecule has 0 spiro atoms. The SMILES string of the molecule is O=C(O)CCCC=CC[C@@H]1[C@H](CS(=O)(=O)CCCc2ccccc2)[C@@H]2CC[C@H]1O2. The lowest BCUT2D eigenvalue weighted by Crippen LogP contribution is -2.33. The minimum atomic E-state index is -3.11. The lowest BCUT2D eigenvalue weighted by Gasteiger charge is -2.27. The lowest BCUT2D eigenvalue weighted by molar-refractivity contribution is -0.137. The topological polar surface area (TPSA) is 80.7 Å². The maximum atomic E-state index is 12.7. The van der Waals surface area contributed by atoms with Crippen molar-refractivity contribution in [2.75, 3.05) is 11.5 Å². The summed E-state index contributed by atoms with van der Waals surface area (Å²) in [7, 11) is -3.11. The van der Waals surface area contributed by atoms with Gasteiger partial charge in [0.1, 0.15) is 0 Å². The molecule has 0 radical (unpaired) electrons. The summed E-state index contributed by atoms with van der Waals surface area (Å²) in [6.07, 6.45) is 10.2. The van der Waals surface area contributed by atoms with Gasteiger partial charge < -0.3 is 9.84 Å². The molecular formula is C23H32O5S. The first-order valence-corrected chi connectivity index (χ1v) is 12.5. The molecule has 2 heterocycles. The molecule has 0 amide bonds. The fourth-order valence-electron chi connectivity index (χ4n) is 4.69. The van der Waals surface area contributed by atoms with Crippen LogP contribution >= 0.6 is 0 Å². The zero-order valence-electron chi connectivity index (χ0n) is 16.9. The van der Waals surface area contributed by atoms with Crippen LogP contribution in [-0.4, -0.2) is 43.2 Å². The van der Waals surface area contributed by atoms with Crippen LogP contribution < -0.4 is 0 Å². The molecule has 2 bridgehead atoms. The second-order valence-corrected chi connectivity index (χ2v) is 10.5. The maximum absolute atomic E-state index is 12.7. The number of ether oxygens (including phenoxy) is 1. The predicted octanol–water partition coefficient (Wildman–Crippen LogP) is 4.03. The summed E-state index contributed by atoms with van der Waals surface area (Å²) in [4.78, 5) is 10.6. The number of rotatable bonds is 12. The van der Waals surface area contributed by atoms with Crippen molar-refractivity contribution in [3.05, 3.63) is 48.0 Å². The molecule has 2 fully saturated rings. The summed E-state index contributed by atoms with van der Waals surface area (Å²) in [6, 6.07) is 10.0. The van der Waals surface area contributed by atoms with Crippen LogP contribution in [0.3, 0.4) is 0 Å². The molecule has 0 saturated carbocycles. The average Bonchev–Trinajstić information content (AvgIpc) is 3.27. The first kappa shape index (κ1) is 22.0. The largest absolute Gasteiger partial charge is 0.481 e. The van der Waals surface area contributed by atoms with Crippen molar-refractivity contribution < 1.29 is 23.1 Å². The Bertz CT molecular complexity index is 787. The summed E-state index contributed by atoms with van der Waals surface area (Å²) in [6.45, 7) is 0. The van der Waals surface area contributed by atoms with Crippen LogP contribution in [0.4, 0.5) is 0 Å². The van der Waals surface area contributed by atoms with Gasteiger partial charge in [0.2, 0.25) is 0 Å². The summed E-state index contributed by atoms with van der Waals surface area (Å²) >= 11 is 0. The number of aryl methyl sites for hydroxylation is 1. The highest BCUT2D eigenvalue weighted by molar-refractivity contribution is 7.91. The van der Waals surface area contributed by atoms with Gasteiger partial charge in [0.05, 0.1) is 23.7 Å². The fourth-order valence-corrected chi connectivity index (χ4v) is 6.49. The number of unbranched alkanes of at least 4 members (excludes halogenated alkanes) is 1. The fraction of sp³-hybridized carbons (Fsp3) is 0.609. The van der Waals surface area contributed by atoms with Crippen LogP contribution in [0.5, 0.6) is 0 Å². The Labute approximate surface area is 174 Å². The molecule has 2 aliphatic rings. The van der Waals surface area contributed by atoms with E-state index in [9.17, 15) is 13.2 Å². The van der Waals surface area contributed by atoms with Gasteiger partial charge in [0.25, 0.3) is 0 Å². The molecule has 160 valence electrons. The molecule has 0 unspecified atom stereocenters. The Morgan fingerprint density at radius 1 is 1.07 bits per heavy atom. The molecule has 1 aromatic carbocycles. The van der Waals surface area contributed by atoms with Crippen LogP contribution in [-0.2, 0) is 25.8 Å². The van der Waals surface area contributed by atoms with Gasteiger partial charge in [-0.25, -0.2) is 8.42 Å². The van der Waals surface area contributed by atoms with E-state index in [2.05, 4.69) is 6.08 Å². The highest BCUT2D eigenvalue weighted by Gasteiger charge is 2.49. The molecule has 1 aromatic rings. The van der Waals surface area contributed by atoms with Crippen LogP contribution in [0.2, 0.25) is 0 Å². The zero-order valence-corrected chi connectivity index (χ0v) is 17.7. The monoisotopic (exact) mass is 420 g/mol. The third kappa shape index (κ3) is 6.68. The van der Waals surface area contributed by atoms with Gasteiger partial charge in [0, 0.05) is 12.3 Å². The van der Waals surface area contributed by atoms with Crippen LogP contribution in [0.1, 0.15) is 50.5 Å². The zero-order chi connectivity index (χ0) is 20.7. The first-order chi connectivity index (χ1) is 13.9. The van der Waals surface area contributed by atoms with Gasteiger partial charge in [0.15, 0.2) is 9.84 Å². The number of carboxylic acids is 1. The van der Waals surface area contributed by atoms with Crippen molar-refractivity contribution in [1.29, 1.82) is 0 Å². The Kier molecular flexibility index (Phi) is 7.90. The molecule has 0 aliphatic carbocycles. The van der Waals surface area contributed by atoms with Gasteiger partial charge in [-0.3, -0.25) is 4.79 Å². The highest BCUT2D eigenvalue weighted by Crippen LogP contribution is 2.45. The minimum Gasteiger partial charge on any atom is -0.481 e. The van der Waals surface area contributed by atoms with E-state index in [-0.39, 0.29) is 42.0 Å².